The molecule has 0 aromatic carbocycles. The van der Waals surface area contributed by atoms with Crippen LogP contribution in [0.15, 0.2) is 6.20 Å². The number of rotatable bonds is 9. The van der Waals surface area contributed by atoms with Crippen molar-refractivity contribution in [2.75, 3.05) is 63.6 Å². The first-order valence-corrected chi connectivity index (χ1v) is 12.2. The lowest BCUT2D eigenvalue weighted by molar-refractivity contribution is -0.109. The second kappa shape index (κ2) is 10.8. The number of hydrogen-bond donors (Lipinski definition) is 1. The molecule has 0 aliphatic carbocycles. The van der Waals surface area contributed by atoms with Gasteiger partial charge in [-0.15, -0.1) is 0 Å². The van der Waals surface area contributed by atoms with Crippen LogP contribution in [-0.2, 0) is 11.3 Å². The van der Waals surface area contributed by atoms with Crippen LogP contribution in [0.5, 0.6) is 5.75 Å². The Balaban J connectivity index is 1.44. The lowest BCUT2D eigenvalue weighted by Crippen LogP contribution is -2.47. The van der Waals surface area contributed by atoms with Crippen molar-refractivity contribution in [3.63, 3.8) is 0 Å². The van der Waals surface area contributed by atoms with Crippen molar-refractivity contribution in [1.82, 2.24) is 24.8 Å². The van der Waals surface area contributed by atoms with Gasteiger partial charge in [0, 0.05) is 61.5 Å². The number of fused-ring (bicyclic) bond motifs is 1. The van der Waals surface area contributed by atoms with Crippen LogP contribution in [0, 0.1) is 13.8 Å². The molecule has 9 nitrogen and oxygen atoms in total. The fourth-order valence-corrected chi connectivity index (χ4v) is 5.46. The number of aldehydes is 1. The van der Waals surface area contributed by atoms with E-state index in [0.717, 1.165) is 92.3 Å². The van der Waals surface area contributed by atoms with Crippen LogP contribution < -0.4 is 15.4 Å². The summed E-state index contributed by atoms with van der Waals surface area (Å²) >= 11 is 6.57. The van der Waals surface area contributed by atoms with Crippen molar-refractivity contribution in [2.45, 2.75) is 39.2 Å². The third-order valence-corrected chi connectivity index (χ3v) is 7.25. The highest BCUT2D eigenvalue weighted by atomic mass is 35.5. The Kier molecular flexibility index (Phi) is 7.85. The van der Waals surface area contributed by atoms with Gasteiger partial charge >= 0.3 is 0 Å². The van der Waals surface area contributed by atoms with Gasteiger partial charge < -0.3 is 25.1 Å². The third-order valence-electron chi connectivity index (χ3n) is 6.96. The Bertz CT molecular complexity index is 1030. The molecular formula is C24H34ClN7O2. The second-order valence-electron chi connectivity index (χ2n) is 9.18. The van der Waals surface area contributed by atoms with Crippen molar-refractivity contribution >= 4 is 29.7 Å². The number of pyridine rings is 1. The lowest BCUT2D eigenvalue weighted by Gasteiger charge is -2.33. The number of carbonyl (C=O) groups is 1. The molecule has 1 fully saturated rings. The zero-order valence-corrected chi connectivity index (χ0v) is 21.0. The Hall–Kier alpha value is -2.49. The van der Waals surface area contributed by atoms with Gasteiger partial charge in [0.2, 0.25) is 5.95 Å². The van der Waals surface area contributed by atoms with Crippen LogP contribution in [0.1, 0.15) is 41.1 Å². The topological polar surface area (TPSA) is 101 Å². The zero-order chi connectivity index (χ0) is 24.2. The molecular weight excluding hydrogens is 454 g/mol. The number of nitrogens with two attached hydrogens (primary N) is 1. The number of piperazine rings is 1. The fourth-order valence-electron chi connectivity index (χ4n) is 5.13. The van der Waals surface area contributed by atoms with Gasteiger partial charge in [-0.1, -0.05) is 11.6 Å². The molecule has 2 N–H and O–H groups in total. The quantitative estimate of drug-likeness (QED) is 0.422. The molecule has 0 saturated carbocycles. The number of aryl methyl sites for hydroxylation is 1. The maximum absolute atomic E-state index is 10.7. The minimum atomic E-state index is 0.189. The number of carbonyl (C=O) groups excluding carboxylic acids is 1. The molecule has 2 aromatic heterocycles. The SMILES string of the molecule is COc1c(C)cnc(CN2CC(CCCN3CCN(CC=O)CC3)c3c(Cl)nc(N)nc32)c1C. The molecule has 184 valence electrons. The van der Waals surface area contributed by atoms with E-state index >= 15 is 0 Å². The number of methoxy groups -OCH3 is 1. The zero-order valence-electron chi connectivity index (χ0n) is 20.3. The minimum absolute atomic E-state index is 0.189. The van der Waals surface area contributed by atoms with Gasteiger partial charge in [0.25, 0.3) is 0 Å². The molecule has 0 bridgehead atoms. The van der Waals surface area contributed by atoms with Gasteiger partial charge in [0.05, 0.1) is 25.9 Å². The van der Waals surface area contributed by atoms with Crippen molar-refractivity contribution < 1.29 is 9.53 Å². The van der Waals surface area contributed by atoms with Crippen LogP contribution in [0.3, 0.4) is 0 Å². The summed E-state index contributed by atoms with van der Waals surface area (Å²) in [7, 11) is 1.69. The highest BCUT2D eigenvalue weighted by Gasteiger charge is 2.34. The summed E-state index contributed by atoms with van der Waals surface area (Å²) in [6, 6.07) is 0. The summed E-state index contributed by atoms with van der Waals surface area (Å²) in [5, 5.41) is 0.448. The summed E-state index contributed by atoms with van der Waals surface area (Å²) in [6.07, 6.45) is 4.89. The molecule has 10 heteroatoms. The first kappa shape index (κ1) is 24.6. The number of anilines is 2. The molecule has 0 radical (unpaired) electrons. The van der Waals surface area contributed by atoms with Crippen molar-refractivity contribution in [3.8, 4) is 5.75 Å². The summed E-state index contributed by atoms with van der Waals surface area (Å²) in [6.45, 7) is 10.9. The summed E-state index contributed by atoms with van der Waals surface area (Å²) in [5.41, 5.74) is 9.96. The monoisotopic (exact) mass is 487 g/mol. The number of nitrogens with zero attached hydrogens (tertiary/aromatic N) is 6. The lowest BCUT2D eigenvalue weighted by atomic mass is 9.98. The largest absolute Gasteiger partial charge is 0.496 e. The third kappa shape index (κ3) is 5.26. The highest BCUT2D eigenvalue weighted by Crippen LogP contribution is 2.42. The van der Waals surface area contributed by atoms with E-state index in [1.165, 1.54) is 0 Å². The van der Waals surface area contributed by atoms with Crippen molar-refractivity contribution in [3.05, 3.63) is 33.7 Å². The van der Waals surface area contributed by atoms with Gasteiger partial charge in [-0.05, 0) is 33.2 Å². The summed E-state index contributed by atoms with van der Waals surface area (Å²) in [4.78, 5) is 31.1. The van der Waals surface area contributed by atoms with Gasteiger partial charge in [0.15, 0.2) is 0 Å². The summed E-state index contributed by atoms with van der Waals surface area (Å²) < 4.78 is 5.59. The number of hydrogen-bond acceptors (Lipinski definition) is 9. The molecule has 4 heterocycles. The molecule has 0 spiro atoms. The van der Waals surface area contributed by atoms with E-state index in [0.29, 0.717) is 18.2 Å². The van der Waals surface area contributed by atoms with Gasteiger partial charge in [-0.2, -0.15) is 4.98 Å². The highest BCUT2D eigenvalue weighted by molar-refractivity contribution is 6.30. The maximum atomic E-state index is 10.7. The predicted octanol–water partition coefficient (Wildman–Crippen LogP) is 2.43. The van der Waals surface area contributed by atoms with E-state index in [4.69, 9.17) is 22.1 Å². The van der Waals surface area contributed by atoms with E-state index < -0.39 is 0 Å². The van der Waals surface area contributed by atoms with Crippen LogP contribution >= 0.6 is 11.6 Å². The molecule has 4 rings (SSSR count). The molecule has 34 heavy (non-hydrogen) atoms. The molecule has 2 aliphatic heterocycles. The van der Waals surface area contributed by atoms with Crippen LogP contribution in [0.4, 0.5) is 11.8 Å². The van der Waals surface area contributed by atoms with Crippen molar-refractivity contribution in [1.29, 1.82) is 0 Å². The van der Waals surface area contributed by atoms with E-state index in [9.17, 15) is 4.79 Å². The Morgan fingerprint density at radius 1 is 1.21 bits per heavy atom. The first-order valence-electron chi connectivity index (χ1n) is 11.9. The van der Waals surface area contributed by atoms with Crippen LogP contribution in [0.25, 0.3) is 0 Å². The van der Waals surface area contributed by atoms with Gasteiger partial charge in [-0.3, -0.25) is 9.88 Å². The molecule has 0 amide bonds. The second-order valence-corrected chi connectivity index (χ2v) is 9.54. The number of aromatic nitrogens is 3. The van der Waals surface area contributed by atoms with E-state index in [1.807, 2.05) is 20.0 Å². The molecule has 1 unspecified atom stereocenters. The minimum Gasteiger partial charge on any atom is -0.496 e. The molecule has 2 aliphatic rings. The van der Waals surface area contributed by atoms with E-state index in [-0.39, 0.29) is 11.9 Å². The number of ether oxygens (including phenoxy) is 1. The normalized spacial score (nSPS) is 18.8. The maximum Gasteiger partial charge on any atom is 0.223 e. The first-order chi connectivity index (χ1) is 16.4. The van der Waals surface area contributed by atoms with Crippen LogP contribution in [-0.4, -0.2) is 84.0 Å². The standard InChI is InChI=1S/C24H34ClN7O2/c1-16-13-27-19(17(2)21(16)34-3)15-32-14-18(20-22(25)28-24(26)29-23(20)32)5-4-6-30-7-9-31(10-8-30)11-12-33/h12-13,18H,4-11,14-15H2,1-3H3,(H2,26,28,29). The molecule has 2 aromatic rings. The average Bonchev–Trinajstić information content (AvgIpc) is 3.15. The summed E-state index contributed by atoms with van der Waals surface area (Å²) in [5.74, 6) is 2.11. The number of halogens is 1. The van der Waals surface area contributed by atoms with E-state index in [1.54, 1.807) is 7.11 Å². The number of nitrogen functional groups attached to an aromatic ring is 1. The average molecular weight is 488 g/mol. The van der Waals surface area contributed by atoms with E-state index in [2.05, 4.69) is 29.7 Å². The predicted molar refractivity (Wildman–Crippen MR) is 134 cm³/mol. The smallest absolute Gasteiger partial charge is 0.223 e. The van der Waals surface area contributed by atoms with Crippen LogP contribution in [0.2, 0.25) is 5.15 Å². The molecule has 1 saturated heterocycles. The Morgan fingerprint density at radius 2 is 1.94 bits per heavy atom. The Labute approximate surface area is 206 Å². The Morgan fingerprint density at radius 3 is 2.65 bits per heavy atom. The fraction of sp³-hybridized carbons (Fsp3) is 0.583. The molecule has 1 atom stereocenters. The van der Waals surface area contributed by atoms with Gasteiger partial charge in [0.1, 0.15) is 23.0 Å². The van der Waals surface area contributed by atoms with Gasteiger partial charge in [-0.25, -0.2) is 4.98 Å². The van der Waals surface area contributed by atoms with Crippen molar-refractivity contribution in [2.24, 2.45) is 0 Å².